The summed E-state index contributed by atoms with van der Waals surface area (Å²) in [7, 11) is 3.40. The molecule has 0 spiro atoms. The van der Waals surface area contributed by atoms with Crippen molar-refractivity contribution in [3.05, 3.63) is 41.3 Å². The molecule has 0 unspecified atom stereocenters. The first-order valence-electron chi connectivity index (χ1n) is 5.51. The zero-order chi connectivity index (χ0) is 13.8. The summed E-state index contributed by atoms with van der Waals surface area (Å²) in [5, 5.41) is 0.139. The van der Waals surface area contributed by atoms with Crippen molar-refractivity contribution in [2.45, 2.75) is 0 Å². The minimum Gasteiger partial charge on any atom is -0.497 e. The standard InChI is InChI=1S/C13H12ClN3O2/c1-17(9-3-5-10(19-2)6-4-9)13-11(7-18)12(14)15-8-16-13/h3-8H,1-2H3. The average molecular weight is 278 g/mol. The number of rotatable bonds is 4. The number of benzene rings is 1. The predicted octanol–water partition coefficient (Wildman–Crippen LogP) is 2.72. The number of hydrogen-bond donors (Lipinski definition) is 0. The fraction of sp³-hybridized carbons (Fsp3) is 0.154. The summed E-state index contributed by atoms with van der Waals surface area (Å²) in [6.07, 6.45) is 1.97. The fourth-order valence-electron chi connectivity index (χ4n) is 1.66. The normalized spacial score (nSPS) is 10.1. The Morgan fingerprint density at radius 3 is 2.53 bits per heavy atom. The highest BCUT2D eigenvalue weighted by atomic mass is 35.5. The Balaban J connectivity index is 2.40. The van der Waals surface area contributed by atoms with Crippen LogP contribution < -0.4 is 9.64 Å². The van der Waals surface area contributed by atoms with E-state index in [1.807, 2.05) is 24.3 Å². The molecule has 0 amide bonds. The van der Waals surface area contributed by atoms with E-state index in [1.54, 1.807) is 19.1 Å². The average Bonchev–Trinajstić information content (AvgIpc) is 2.46. The number of nitrogens with zero attached hydrogens (tertiary/aromatic N) is 3. The molecule has 1 aromatic carbocycles. The lowest BCUT2D eigenvalue weighted by Gasteiger charge is -2.20. The second-order valence-corrected chi connectivity index (χ2v) is 4.13. The number of aldehydes is 1. The van der Waals surface area contributed by atoms with E-state index in [4.69, 9.17) is 16.3 Å². The number of anilines is 2. The molecule has 0 atom stereocenters. The fourth-order valence-corrected chi connectivity index (χ4v) is 1.84. The van der Waals surface area contributed by atoms with Gasteiger partial charge in [0.25, 0.3) is 0 Å². The predicted molar refractivity (Wildman–Crippen MR) is 73.5 cm³/mol. The molecule has 0 aliphatic carbocycles. The van der Waals surface area contributed by atoms with Gasteiger partial charge >= 0.3 is 0 Å². The van der Waals surface area contributed by atoms with Gasteiger partial charge in [-0.15, -0.1) is 0 Å². The maximum atomic E-state index is 11.1. The lowest BCUT2D eigenvalue weighted by molar-refractivity contribution is 0.112. The third kappa shape index (κ3) is 2.66. The summed E-state index contributed by atoms with van der Waals surface area (Å²) in [6.45, 7) is 0. The molecule has 0 saturated carbocycles. The van der Waals surface area contributed by atoms with Crippen molar-refractivity contribution in [3.63, 3.8) is 0 Å². The quantitative estimate of drug-likeness (QED) is 0.635. The summed E-state index contributed by atoms with van der Waals surface area (Å²) in [6, 6.07) is 7.39. The number of aromatic nitrogens is 2. The van der Waals surface area contributed by atoms with Crippen LogP contribution in [-0.2, 0) is 0 Å². The van der Waals surface area contributed by atoms with Crippen LogP contribution in [-0.4, -0.2) is 30.4 Å². The third-order valence-electron chi connectivity index (χ3n) is 2.71. The second-order valence-electron chi connectivity index (χ2n) is 3.78. The van der Waals surface area contributed by atoms with Gasteiger partial charge in [-0.3, -0.25) is 4.79 Å². The molecule has 1 heterocycles. The van der Waals surface area contributed by atoms with Crippen molar-refractivity contribution in [1.82, 2.24) is 9.97 Å². The highest BCUT2D eigenvalue weighted by Crippen LogP contribution is 2.28. The minimum atomic E-state index is 0.139. The molecule has 5 nitrogen and oxygen atoms in total. The molecule has 2 rings (SSSR count). The van der Waals surface area contributed by atoms with Crippen LogP contribution in [0.3, 0.4) is 0 Å². The summed E-state index contributed by atoms with van der Waals surface area (Å²) in [5.74, 6) is 1.22. The number of carbonyl (C=O) groups excluding carboxylic acids is 1. The molecule has 1 aromatic heterocycles. The summed E-state index contributed by atoms with van der Waals surface area (Å²) in [5.41, 5.74) is 1.13. The molecule has 98 valence electrons. The summed E-state index contributed by atoms with van der Waals surface area (Å²) in [4.78, 5) is 20.7. The molecule has 2 aromatic rings. The largest absolute Gasteiger partial charge is 0.497 e. The van der Waals surface area contributed by atoms with Crippen LogP contribution in [0.1, 0.15) is 10.4 Å². The first-order valence-corrected chi connectivity index (χ1v) is 5.88. The van der Waals surface area contributed by atoms with E-state index < -0.39 is 0 Å². The van der Waals surface area contributed by atoms with Crippen LogP contribution >= 0.6 is 11.6 Å². The molecule has 0 bridgehead atoms. The first-order chi connectivity index (χ1) is 9.17. The van der Waals surface area contributed by atoms with Gasteiger partial charge in [-0.2, -0.15) is 0 Å². The monoisotopic (exact) mass is 277 g/mol. The van der Waals surface area contributed by atoms with Gasteiger partial charge in [0.05, 0.1) is 12.7 Å². The van der Waals surface area contributed by atoms with Gasteiger partial charge in [0.2, 0.25) is 0 Å². The van der Waals surface area contributed by atoms with Gasteiger partial charge in [0.1, 0.15) is 23.0 Å². The van der Waals surface area contributed by atoms with E-state index in [0.29, 0.717) is 12.1 Å². The van der Waals surface area contributed by atoms with Gasteiger partial charge < -0.3 is 9.64 Å². The molecular formula is C13H12ClN3O2. The highest BCUT2D eigenvalue weighted by molar-refractivity contribution is 6.32. The van der Waals surface area contributed by atoms with Crippen molar-refractivity contribution in [2.75, 3.05) is 19.1 Å². The van der Waals surface area contributed by atoms with Gasteiger partial charge in [0, 0.05) is 12.7 Å². The molecular weight excluding hydrogens is 266 g/mol. The van der Waals surface area contributed by atoms with E-state index in [0.717, 1.165) is 11.4 Å². The molecule has 6 heteroatoms. The lowest BCUT2D eigenvalue weighted by Crippen LogP contribution is -2.14. The number of ether oxygens (including phenoxy) is 1. The van der Waals surface area contributed by atoms with Gasteiger partial charge in [-0.1, -0.05) is 11.6 Å². The van der Waals surface area contributed by atoms with Gasteiger partial charge in [0.15, 0.2) is 6.29 Å². The summed E-state index contributed by atoms with van der Waals surface area (Å²) >= 11 is 5.88. The van der Waals surface area contributed by atoms with Crippen LogP contribution in [0.2, 0.25) is 5.15 Å². The molecule has 19 heavy (non-hydrogen) atoms. The number of carbonyl (C=O) groups is 1. The molecule has 0 radical (unpaired) electrons. The SMILES string of the molecule is COc1ccc(N(C)c2ncnc(Cl)c2C=O)cc1. The number of hydrogen-bond acceptors (Lipinski definition) is 5. The summed E-state index contributed by atoms with van der Waals surface area (Å²) < 4.78 is 5.10. The Morgan fingerprint density at radius 1 is 1.26 bits per heavy atom. The highest BCUT2D eigenvalue weighted by Gasteiger charge is 2.14. The topological polar surface area (TPSA) is 55.3 Å². The number of methoxy groups -OCH3 is 1. The van der Waals surface area contributed by atoms with E-state index >= 15 is 0 Å². The minimum absolute atomic E-state index is 0.139. The van der Waals surface area contributed by atoms with Crippen molar-refractivity contribution in [3.8, 4) is 5.75 Å². The van der Waals surface area contributed by atoms with Crippen LogP contribution in [0.25, 0.3) is 0 Å². The van der Waals surface area contributed by atoms with E-state index in [1.165, 1.54) is 6.33 Å². The molecule has 0 aliphatic heterocycles. The zero-order valence-corrected chi connectivity index (χ0v) is 11.3. The van der Waals surface area contributed by atoms with Crippen LogP contribution in [0.4, 0.5) is 11.5 Å². The Bertz CT molecular complexity index is 587. The Kier molecular flexibility index (Phi) is 3.97. The number of halogens is 1. The molecule has 0 saturated heterocycles. The smallest absolute Gasteiger partial charge is 0.156 e. The Labute approximate surface area is 115 Å². The lowest BCUT2D eigenvalue weighted by atomic mass is 10.2. The van der Waals surface area contributed by atoms with E-state index in [-0.39, 0.29) is 10.7 Å². The van der Waals surface area contributed by atoms with Crippen LogP contribution in [0.5, 0.6) is 5.75 Å². The maximum absolute atomic E-state index is 11.1. The third-order valence-corrected chi connectivity index (χ3v) is 3.01. The zero-order valence-electron chi connectivity index (χ0n) is 10.5. The Hall–Kier alpha value is -2.14. The van der Waals surface area contributed by atoms with Crippen LogP contribution in [0, 0.1) is 0 Å². The maximum Gasteiger partial charge on any atom is 0.156 e. The van der Waals surface area contributed by atoms with Crippen LogP contribution in [0.15, 0.2) is 30.6 Å². The van der Waals surface area contributed by atoms with E-state index in [2.05, 4.69) is 9.97 Å². The Morgan fingerprint density at radius 2 is 1.95 bits per heavy atom. The molecule has 0 N–H and O–H groups in total. The van der Waals surface area contributed by atoms with E-state index in [9.17, 15) is 4.79 Å². The molecule has 0 fully saturated rings. The van der Waals surface area contributed by atoms with Crippen molar-refractivity contribution in [1.29, 1.82) is 0 Å². The van der Waals surface area contributed by atoms with Crippen molar-refractivity contribution >= 4 is 29.4 Å². The van der Waals surface area contributed by atoms with Crippen molar-refractivity contribution < 1.29 is 9.53 Å². The first kappa shape index (κ1) is 13.3. The second kappa shape index (κ2) is 5.67. The van der Waals surface area contributed by atoms with Gasteiger partial charge in [-0.05, 0) is 24.3 Å². The van der Waals surface area contributed by atoms with Crippen molar-refractivity contribution in [2.24, 2.45) is 0 Å². The van der Waals surface area contributed by atoms with Gasteiger partial charge in [-0.25, -0.2) is 9.97 Å². The molecule has 0 aliphatic rings.